The molecule has 5 heteroatoms. The maximum absolute atomic E-state index is 12.6. The van der Waals surface area contributed by atoms with Gasteiger partial charge in [-0.25, -0.2) is 0 Å². The molecule has 2 aromatic rings. The summed E-state index contributed by atoms with van der Waals surface area (Å²) < 4.78 is 5.26. The molecule has 1 aliphatic heterocycles. The predicted molar refractivity (Wildman–Crippen MR) is 98.0 cm³/mol. The van der Waals surface area contributed by atoms with Crippen LogP contribution in [0.2, 0.25) is 0 Å². The van der Waals surface area contributed by atoms with Crippen molar-refractivity contribution in [3.05, 3.63) is 53.6 Å². The van der Waals surface area contributed by atoms with Crippen molar-refractivity contribution >= 4 is 23.2 Å². The zero-order chi connectivity index (χ0) is 18.0. The van der Waals surface area contributed by atoms with Crippen LogP contribution in [0.25, 0.3) is 0 Å². The molecule has 5 nitrogen and oxygen atoms in total. The minimum Gasteiger partial charge on any atom is -0.495 e. The normalized spacial score (nSPS) is 16.8. The van der Waals surface area contributed by atoms with Crippen molar-refractivity contribution in [1.82, 2.24) is 0 Å². The van der Waals surface area contributed by atoms with Crippen molar-refractivity contribution in [1.29, 1.82) is 0 Å². The first-order valence-electron chi connectivity index (χ1n) is 8.31. The molecule has 1 heterocycles. The molecule has 0 bridgehead atoms. The number of para-hydroxylation sites is 2. The Kier molecular flexibility index (Phi) is 4.74. The third-order valence-corrected chi connectivity index (χ3v) is 4.50. The van der Waals surface area contributed by atoms with Gasteiger partial charge in [0.25, 0.3) is 0 Å². The molecule has 1 fully saturated rings. The minimum absolute atomic E-state index is 0.0212. The summed E-state index contributed by atoms with van der Waals surface area (Å²) in [5.41, 5.74) is 3.69. The second-order valence-electron chi connectivity index (χ2n) is 6.38. The largest absolute Gasteiger partial charge is 0.495 e. The summed E-state index contributed by atoms with van der Waals surface area (Å²) in [5.74, 6) is 0.0433. The van der Waals surface area contributed by atoms with Crippen LogP contribution >= 0.6 is 0 Å². The number of aryl methyl sites for hydroxylation is 2. The number of nitrogens with one attached hydrogen (secondary N) is 1. The molecular weight excluding hydrogens is 316 g/mol. The maximum Gasteiger partial charge on any atom is 0.229 e. The van der Waals surface area contributed by atoms with Crippen LogP contribution in [0.3, 0.4) is 0 Å². The van der Waals surface area contributed by atoms with E-state index in [9.17, 15) is 9.59 Å². The average molecular weight is 338 g/mol. The molecule has 0 aromatic heterocycles. The van der Waals surface area contributed by atoms with Crippen molar-refractivity contribution in [3.8, 4) is 5.75 Å². The SMILES string of the molecule is COc1ccccc1NC(=O)[C@@H]1CC(=O)N(c2ccc(C)cc2C)C1. The number of ether oxygens (including phenoxy) is 1. The van der Waals surface area contributed by atoms with Crippen LogP contribution in [-0.4, -0.2) is 25.5 Å². The molecule has 25 heavy (non-hydrogen) atoms. The van der Waals surface area contributed by atoms with Crippen LogP contribution < -0.4 is 15.0 Å². The summed E-state index contributed by atoms with van der Waals surface area (Å²) in [7, 11) is 1.56. The minimum atomic E-state index is -0.377. The van der Waals surface area contributed by atoms with Gasteiger partial charge in [-0.3, -0.25) is 9.59 Å². The Labute approximate surface area is 147 Å². The van der Waals surface area contributed by atoms with E-state index >= 15 is 0 Å². The van der Waals surface area contributed by atoms with Gasteiger partial charge < -0.3 is 15.0 Å². The first-order chi connectivity index (χ1) is 12.0. The molecule has 1 saturated heterocycles. The van der Waals surface area contributed by atoms with Gasteiger partial charge >= 0.3 is 0 Å². The highest BCUT2D eigenvalue weighted by Gasteiger charge is 2.35. The smallest absolute Gasteiger partial charge is 0.229 e. The lowest BCUT2D eigenvalue weighted by Crippen LogP contribution is -2.28. The van der Waals surface area contributed by atoms with E-state index in [4.69, 9.17) is 4.74 Å². The summed E-state index contributed by atoms with van der Waals surface area (Å²) in [6, 6.07) is 13.2. The predicted octanol–water partition coefficient (Wildman–Crippen LogP) is 3.30. The molecule has 2 amide bonds. The number of anilines is 2. The molecule has 2 aromatic carbocycles. The number of nitrogens with zero attached hydrogens (tertiary/aromatic N) is 1. The number of benzene rings is 2. The molecule has 0 spiro atoms. The lowest BCUT2D eigenvalue weighted by atomic mass is 10.1. The van der Waals surface area contributed by atoms with E-state index in [1.807, 2.05) is 44.2 Å². The number of rotatable bonds is 4. The Bertz CT molecular complexity index is 816. The summed E-state index contributed by atoms with van der Waals surface area (Å²) in [5, 5.41) is 2.88. The average Bonchev–Trinajstić information content (AvgIpc) is 2.97. The highest BCUT2D eigenvalue weighted by molar-refractivity contribution is 6.04. The zero-order valence-corrected chi connectivity index (χ0v) is 14.7. The highest BCUT2D eigenvalue weighted by Crippen LogP contribution is 2.30. The van der Waals surface area contributed by atoms with E-state index in [2.05, 4.69) is 5.32 Å². The van der Waals surface area contributed by atoms with Crippen molar-refractivity contribution in [3.63, 3.8) is 0 Å². The van der Waals surface area contributed by atoms with Gasteiger partial charge in [-0.1, -0.05) is 29.8 Å². The maximum atomic E-state index is 12.6. The molecular formula is C20H22N2O3. The summed E-state index contributed by atoms with van der Waals surface area (Å²) in [6.45, 7) is 4.40. The topological polar surface area (TPSA) is 58.6 Å². The Balaban J connectivity index is 1.74. The van der Waals surface area contributed by atoms with Crippen LogP contribution in [0.15, 0.2) is 42.5 Å². The van der Waals surface area contributed by atoms with Gasteiger partial charge in [-0.2, -0.15) is 0 Å². The van der Waals surface area contributed by atoms with Crippen LogP contribution in [0, 0.1) is 19.8 Å². The third-order valence-electron chi connectivity index (χ3n) is 4.50. The standard InChI is InChI=1S/C20H22N2O3/c1-13-8-9-17(14(2)10-13)22-12-15(11-19(22)23)20(24)21-16-6-4-5-7-18(16)25-3/h4-10,15H,11-12H2,1-3H3,(H,21,24)/t15-/m1/s1. The van der Waals surface area contributed by atoms with Crippen LogP contribution in [0.1, 0.15) is 17.5 Å². The van der Waals surface area contributed by atoms with E-state index < -0.39 is 0 Å². The lowest BCUT2D eigenvalue weighted by Gasteiger charge is -2.19. The van der Waals surface area contributed by atoms with Gasteiger partial charge in [0, 0.05) is 18.7 Å². The molecule has 1 atom stereocenters. The molecule has 1 N–H and O–H groups in total. The van der Waals surface area contributed by atoms with Crippen molar-refractivity contribution < 1.29 is 14.3 Å². The van der Waals surface area contributed by atoms with Gasteiger partial charge in [0.15, 0.2) is 0 Å². The van der Waals surface area contributed by atoms with Gasteiger partial charge in [-0.05, 0) is 37.6 Å². The summed E-state index contributed by atoms with van der Waals surface area (Å²) in [4.78, 5) is 26.7. The fraction of sp³-hybridized carbons (Fsp3) is 0.300. The van der Waals surface area contributed by atoms with E-state index in [-0.39, 0.29) is 24.2 Å². The lowest BCUT2D eigenvalue weighted by molar-refractivity contribution is -0.122. The molecule has 3 rings (SSSR count). The van der Waals surface area contributed by atoms with Crippen LogP contribution in [0.5, 0.6) is 5.75 Å². The van der Waals surface area contributed by atoms with Crippen LogP contribution in [0.4, 0.5) is 11.4 Å². The fourth-order valence-corrected chi connectivity index (χ4v) is 3.21. The first-order valence-corrected chi connectivity index (χ1v) is 8.31. The zero-order valence-electron chi connectivity index (χ0n) is 14.7. The summed E-state index contributed by atoms with van der Waals surface area (Å²) in [6.07, 6.45) is 0.217. The number of hydrogen-bond donors (Lipinski definition) is 1. The Morgan fingerprint density at radius 3 is 2.68 bits per heavy atom. The molecule has 1 aliphatic rings. The molecule has 0 aliphatic carbocycles. The molecule has 0 radical (unpaired) electrons. The van der Waals surface area contributed by atoms with Crippen molar-refractivity contribution in [2.24, 2.45) is 5.92 Å². The van der Waals surface area contributed by atoms with Gasteiger partial charge in [-0.15, -0.1) is 0 Å². The van der Waals surface area contributed by atoms with E-state index in [1.165, 1.54) is 0 Å². The quantitative estimate of drug-likeness (QED) is 0.930. The van der Waals surface area contributed by atoms with Gasteiger partial charge in [0.05, 0.1) is 18.7 Å². The van der Waals surface area contributed by atoms with E-state index in [1.54, 1.807) is 24.1 Å². The number of amides is 2. The van der Waals surface area contributed by atoms with Gasteiger partial charge in [0.2, 0.25) is 11.8 Å². The van der Waals surface area contributed by atoms with Gasteiger partial charge in [0.1, 0.15) is 5.75 Å². The Hall–Kier alpha value is -2.82. The second-order valence-corrected chi connectivity index (χ2v) is 6.38. The number of carbonyl (C=O) groups excluding carboxylic acids is 2. The summed E-state index contributed by atoms with van der Waals surface area (Å²) >= 11 is 0. The molecule has 0 saturated carbocycles. The van der Waals surface area contributed by atoms with Crippen molar-refractivity contribution in [2.45, 2.75) is 20.3 Å². The van der Waals surface area contributed by atoms with Crippen molar-refractivity contribution in [2.75, 3.05) is 23.9 Å². The monoisotopic (exact) mass is 338 g/mol. The highest BCUT2D eigenvalue weighted by atomic mass is 16.5. The van der Waals surface area contributed by atoms with E-state index in [0.29, 0.717) is 18.0 Å². The second kappa shape index (κ2) is 6.97. The number of methoxy groups -OCH3 is 1. The molecule has 0 unspecified atom stereocenters. The third kappa shape index (κ3) is 3.50. The number of hydrogen-bond acceptors (Lipinski definition) is 3. The van der Waals surface area contributed by atoms with Crippen LogP contribution in [-0.2, 0) is 9.59 Å². The van der Waals surface area contributed by atoms with E-state index in [0.717, 1.165) is 16.8 Å². The number of carbonyl (C=O) groups is 2. The molecule has 130 valence electrons. The Morgan fingerprint density at radius 2 is 1.96 bits per heavy atom. The first kappa shape index (κ1) is 17.0. The Morgan fingerprint density at radius 1 is 1.20 bits per heavy atom. The fourth-order valence-electron chi connectivity index (χ4n) is 3.21.